The number of sulfonamides is 1. The second-order valence-corrected chi connectivity index (χ2v) is 10.1. The van der Waals surface area contributed by atoms with Crippen molar-refractivity contribution in [1.29, 1.82) is 0 Å². The van der Waals surface area contributed by atoms with Crippen LogP contribution in [-0.4, -0.2) is 53.1 Å². The summed E-state index contributed by atoms with van der Waals surface area (Å²) in [5.41, 5.74) is 1.05. The maximum absolute atomic E-state index is 13.5. The summed E-state index contributed by atoms with van der Waals surface area (Å²) in [6.45, 7) is -0.589. The lowest BCUT2D eigenvalue weighted by Gasteiger charge is -2.21. The van der Waals surface area contributed by atoms with Crippen LogP contribution in [0.25, 0.3) is 5.69 Å². The SMILES string of the molecule is NS(=O)(=O)c1cc(NC(=O)Cc2ccccc2Cl)ccc1-n1cc(C(O)N2CCC(F)(F)C2)cn1. The Bertz CT molecular complexity index is 1370. The number of benzene rings is 2. The minimum atomic E-state index is -4.25. The van der Waals surface area contributed by atoms with Crippen LogP contribution in [0, 0.1) is 0 Å². The van der Waals surface area contributed by atoms with Crippen LogP contribution >= 0.6 is 11.6 Å². The molecule has 0 bridgehead atoms. The molecule has 1 aliphatic rings. The smallest absolute Gasteiger partial charge is 0.261 e. The Morgan fingerprint density at radius 2 is 2.03 bits per heavy atom. The Kier molecular flexibility index (Phi) is 6.93. The molecule has 0 radical (unpaired) electrons. The third kappa shape index (κ3) is 5.85. The van der Waals surface area contributed by atoms with Gasteiger partial charge in [0, 0.05) is 35.4 Å². The molecule has 1 atom stereocenters. The number of carbonyl (C=O) groups excluding carboxylic acids is 1. The van der Waals surface area contributed by atoms with Crippen LogP contribution in [0.5, 0.6) is 0 Å². The summed E-state index contributed by atoms with van der Waals surface area (Å²) in [5.74, 6) is -3.30. The van der Waals surface area contributed by atoms with E-state index in [0.717, 1.165) is 0 Å². The van der Waals surface area contributed by atoms with Crippen molar-refractivity contribution in [3.05, 3.63) is 71.0 Å². The number of alkyl halides is 2. The first-order valence-corrected chi connectivity index (χ1v) is 12.4. The zero-order valence-corrected chi connectivity index (χ0v) is 19.8. The van der Waals surface area contributed by atoms with Crippen molar-refractivity contribution in [3.8, 4) is 5.69 Å². The number of aliphatic hydroxyl groups excluding tert-OH is 1. The lowest BCUT2D eigenvalue weighted by Crippen LogP contribution is -2.29. The van der Waals surface area contributed by atoms with Crippen LogP contribution in [-0.2, 0) is 21.2 Å². The molecule has 1 fully saturated rings. The Balaban J connectivity index is 1.56. The number of hydrogen-bond acceptors (Lipinski definition) is 6. The summed E-state index contributed by atoms with van der Waals surface area (Å²) >= 11 is 6.08. The second-order valence-electron chi connectivity index (χ2n) is 8.21. The highest BCUT2D eigenvalue weighted by Crippen LogP contribution is 2.32. The molecule has 0 aliphatic carbocycles. The zero-order chi connectivity index (χ0) is 25.4. The highest BCUT2D eigenvalue weighted by molar-refractivity contribution is 7.89. The molecule has 1 saturated heterocycles. The van der Waals surface area contributed by atoms with Crippen molar-refractivity contribution < 1.29 is 27.1 Å². The van der Waals surface area contributed by atoms with E-state index in [2.05, 4.69) is 10.4 Å². The number of aromatic nitrogens is 2. The Morgan fingerprint density at radius 1 is 1.29 bits per heavy atom. The highest BCUT2D eigenvalue weighted by atomic mass is 35.5. The highest BCUT2D eigenvalue weighted by Gasteiger charge is 2.41. The number of anilines is 1. The van der Waals surface area contributed by atoms with E-state index in [1.54, 1.807) is 24.3 Å². The predicted octanol–water partition coefficient (Wildman–Crippen LogP) is 2.69. The molecule has 186 valence electrons. The minimum absolute atomic E-state index is 0.00433. The van der Waals surface area contributed by atoms with E-state index in [1.807, 2.05) is 0 Å². The van der Waals surface area contributed by atoms with E-state index in [4.69, 9.17) is 16.7 Å². The monoisotopic (exact) mass is 525 g/mol. The fourth-order valence-corrected chi connectivity index (χ4v) is 4.76. The molecule has 2 heterocycles. The lowest BCUT2D eigenvalue weighted by atomic mass is 10.1. The molecule has 35 heavy (non-hydrogen) atoms. The molecule has 1 aromatic heterocycles. The summed E-state index contributed by atoms with van der Waals surface area (Å²) < 4.78 is 52.8. The topological polar surface area (TPSA) is 131 Å². The molecule has 1 unspecified atom stereocenters. The van der Waals surface area contributed by atoms with Gasteiger partial charge in [0.2, 0.25) is 15.9 Å². The first-order chi connectivity index (χ1) is 16.4. The summed E-state index contributed by atoms with van der Waals surface area (Å²) in [5, 5.41) is 23.0. The second kappa shape index (κ2) is 9.63. The largest absolute Gasteiger partial charge is 0.374 e. The molecule has 13 heteroatoms. The van der Waals surface area contributed by atoms with Gasteiger partial charge in [0.1, 0.15) is 11.1 Å². The average molecular weight is 526 g/mol. The summed E-state index contributed by atoms with van der Waals surface area (Å²) in [6, 6.07) is 10.9. The number of rotatable bonds is 7. The first kappa shape index (κ1) is 25.2. The molecule has 4 N–H and O–H groups in total. The summed E-state index contributed by atoms with van der Waals surface area (Å²) in [4.78, 5) is 13.3. The number of nitrogens with two attached hydrogens (primary N) is 1. The number of carbonyl (C=O) groups is 1. The maximum Gasteiger partial charge on any atom is 0.261 e. The van der Waals surface area contributed by atoms with Crippen molar-refractivity contribution in [3.63, 3.8) is 0 Å². The summed E-state index contributed by atoms with van der Waals surface area (Å²) in [7, 11) is -4.25. The van der Waals surface area contributed by atoms with Crippen molar-refractivity contribution in [2.24, 2.45) is 5.14 Å². The normalized spacial score (nSPS) is 16.8. The van der Waals surface area contributed by atoms with Crippen molar-refractivity contribution in [2.45, 2.75) is 29.9 Å². The van der Waals surface area contributed by atoms with E-state index in [9.17, 15) is 27.1 Å². The number of hydrogen-bond donors (Lipinski definition) is 3. The van der Waals surface area contributed by atoms with Gasteiger partial charge in [0.05, 0.1) is 24.8 Å². The number of halogens is 3. The number of amides is 1. The van der Waals surface area contributed by atoms with Crippen LogP contribution < -0.4 is 10.5 Å². The van der Waals surface area contributed by atoms with Gasteiger partial charge >= 0.3 is 0 Å². The van der Waals surface area contributed by atoms with E-state index in [0.29, 0.717) is 10.6 Å². The van der Waals surface area contributed by atoms with Gasteiger partial charge in [-0.1, -0.05) is 29.8 Å². The van der Waals surface area contributed by atoms with Gasteiger partial charge in [-0.15, -0.1) is 0 Å². The number of nitrogens with one attached hydrogen (secondary N) is 1. The van der Waals surface area contributed by atoms with Gasteiger partial charge in [0.25, 0.3) is 5.92 Å². The first-order valence-electron chi connectivity index (χ1n) is 10.5. The van der Waals surface area contributed by atoms with Gasteiger partial charge in [-0.2, -0.15) is 5.10 Å². The predicted molar refractivity (Wildman–Crippen MR) is 125 cm³/mol. The molecule has 1 amide bonds. The van der Waals surface area contributed by atoms with Gasteiger partial charge < -0.3 is 10.4 Å². The maximum atomic E-state index is 13.5. The molecular formula is C22H22ClF2N5O4S. The minimum Gasteiger partial charge on any atom is -0.374 e. The van der Waals surface area contributed by atoms with E-state index < -0.39 is 34.6 Å². The Labute approximate surface area is 205 Å². The zero-order valence-electron chi connectivity index (χ0n) is 18.2. The van der Waals surface area contributed by atoms with Crippen LogP contribution in [0.2, 0.25) is 5.02 Å². The number of likely N-dealkylation sites (tertiary alicyclic amines) is 1. The van der Waals surface area contributed by atoms with E-state index >= 15 is 0 Å². The fourth-order valence-electron chi connectivity index (χ4n) is 3.81. The Hall–Kier alpha value is -2.90. The molecule has 2 aromatic carbocycles. The van der Waals surface area contributed by atoms with Crippen molar-refractivity contribution in [1.82, 2.24) is 14.7 Å². The van der Waals surface area contributed by atoms with E-state index in [1.165, 1.54) is 40.2 Å². The van der Waals surface area contributed by atoms with Gasteiger partial charge in [-0.05, 0) is 29.8 Å². The van der Waals surface area contributed by atoms with Crippen LogP contribution in [0.1, 0.15) is 23.8 Å². The van der Waals surface area contributed by atoms with Crippen molar-refractivity contribution >= 4 is 33.2 Å². The molecular weight excluding hydrogens is 504 g/mol. The fraction of sp³-hybridized carbons (Fsp3) is 0.273. The van der Waals surface area contributed by atoms with Gasteiger partial charge in [0.15, 0.2) is 0 Å². The molecule has 3 aromatic rings. The standard InChI is InChI=1S/C22H22ClF2N5O4S/c23-17-4-2-1-3-14(17)9-20(31)28-16-5-6-18(19(10-16)35(26,33)34)30-12-15(11-27-30)21(32)29-8-7-22(24,25)13-29/h1-6,10-12,21,32H,7-9,13H2,(H,28,31)(H2,26,33,34). The molecule has 9 nitrogen and oxygen atoms in total. The number of primary sulfonamides is 1. The molecule has 4 rings (SSSR count). The lowest BCUT2D eigenvalue weighted by molar-refractivity contribution is -0.115. The van der Waals surface area contributed by atoms with E-state index in [-0.39, 0.29) is 41.2 Å². The summed E-state index contributed by atoms with van der Waals surface area (Å²) in [6.07, 6.45) is 0.867. The third-order valence-electron chi connectivity index (χ3n) is 5.55. The Morgan fingerprint density at radius 3 is 2.69 bits per heavy atom. The number of nitrogens with zero attached hydrogens (tertiary/aromatic N) is 3. The third-order valence-corrected chi connectivity index (χ3v) is 6.86. The van der Waals surface area contributed by atoms with Crippen LogP contribution in [0.3, 0.4) is 0 Å². The molecule has 1 aliphatic heterocycles. The van der Waals surface area contributed by atoms with Gasteiger partial charge in [-0.25, -0.2) is 27.0 Å². The van der Waals surface area contributed by atoms with Gasteiger partial charge in [-0.3, -0.25) is 9.69 Å². The molecule has 0 spiro atoms. The van der Waals surface area contributed by atoms with Crippen molar-refractivity contribution in [2.75, 3.05) is 18.4 Å². The molecule has 0 saturated carbocycles. The van der Waals surface area contributed by atoms with Crippen LogP contribution in [0.4, 0.5) is 14.5 Å². The number of aliphatic hydroxyl groups is 1. The van der Waals surface area contributed by atoms with Crippen LogP contribution in [0.15, 0.2) is 59.8 Å². The average Bonchev–Trinajstić information content (AvgIpc) is 3.41. The quantitative estimate of drug-likeness (QED) is 0.435.